The van der Waals surface area contributed by atoms with Crippen molar-refractivity contribution in [1.29, 1.82) is 0 Å². The summed E-state index contributed by atoms with van der Waals surface area (Å²) in [5.74, 6) is 0.949. The molecule has 0 aromatic heterocycles. The van der Waals surface area contributed by atoms with Crippen LogP contribution in [-0.2, 0) is 0 Å². The van der Waals surface area contributed by atoms with Gasteiger partial charge in [0.2, 0.25) is 0 Å². The second kappa shape index (κ2) is 15.5. The van der Waals surface area contributed by atoms with Crippen LogP contribution in [0, 0.1) is 0 Å². The van der Waals surface area contributed by atoms with E-state index in [4.69, 9.17) is 0 Å². The molecule has 1 aliphatic heterocycles. The third-order valence-electron chi connectivity index (χ3n) is 3.66. The van der Waals surface area contributed by atoms with E-state index in [1.54, 1.807) is 0 Å². The van der Waals surface area contributed by atoms with Gasteiger partial charge in [0.25, 0.3) is 0 Å². The SMILES string of the molecule is C=C/C1=C(\CC(=C\C)/C(/C=C\C)=C/C=C(\C)Br)SC/C=C\C=C/C1=C.CC. The Bertz CT molecular complexity index is 703. The maximum absolute atomic E-state index is 4.21. The van der Waals surface area contributed by atoms with E-state index in [0.717, 1.165) is 27.8 Å². The molecule has 0 aliphatic carbocycles. The van der Waals surface area contributed by atoms with Gasteiger partial charge in [-0.15, -0.1) is 11.8 Å². The maximum atomic E-state index is 4.21. The predicted octanol–water partition coefficient (Wildman–Crippen LogP) is 9.01. The Labute approximate surface area is 179 Å². The van der Waals surface area contributed by atoms with Gasteiger partial charge in [0, 0.05) is 12.2 Å². The van der Waals surface area contributed by atoms with E-state index >= 15 is 0 Å². The number of thioether (sulfide) groups is 1. The summed E-state index contributed by atoms with van der Waals surface area (Å²) in [6, 6.07) is 0. The normalized spacial score (nSPS) is 21.7. The van der Waals surface area contributed by atoms with Crippen molar-refractivity contribution >= 4 is 27.7 Å². The van der Waals surface area contributed by atoms with Crippen molar-refractivity contribution in [3.8, 4) is 0 Å². The summed E-state index contributed by atoms with van der Waals surface area (Å²) < 4.78 is 1.11. The highest BCUT2D eigenvalue weighted by Crippen LogP contribution is 2.34. The summed E-state index contributed by atoms with van der Waals surface area (Å²) in [5, 5.41) is 0. The smallest absolute Gasteiger partial charge is 0.0161 e. The van der Waals surface area contributed by atoms with E-state index in [1.165, 1.54) is 16.1 Å². The molecule has 0 spiro atoms. The standard InChI is InChI=1S/C23H27BrS.C2H6/c1-6-12-21(15-14-19(5)24)20(7-2)17-23-22(8-3)18(4)13-10-9-11-16-25-23;1-2/h6-15H,3-4,16-17H2,1-2,5H3;1-2H3/b11-9-,12-6-,13-10-,19-14+,20-7+,21-15+,23-22-;. The van der Waals surface area contributed by atoms with Crippen LogP contribution in [-0.4, -0.2) is 5.75 Å². The van der Waals surface area contributed by atoms with Crippen LogP contribution in [0.1, 0.15) is 41.0 Å². The lowest BCUT2D eigenvalue weighted by Crippen LogP contribution is -1.95. The van der Waals surface area contributed by atoms with Crippen LogP contribution in [0.3, 0.4) is 0 Å². The molecule has 0 saturated heterocycles. The predicted molar refractivity (Wildman–Crippen MR) is 132 cm³/mol. The maximum Gasteiger partial charge on any atom is 0.0161 e. The molecule has 0 radical (unpaired) electrons. The summed E-state index contributed by atoms with van der Waals surface area (Å²) in [7, 11) is 0. The second-order valence-electron chi connectivity index (χ2n) is 5.53. The number of hydrogen-bond donors (Lipinski definition) is 0. The van der Waals surface area contributed by atoms with Gasteiger partial charge in [-0.05, 0) is 52.5 Å². The number of halogens is 1. The Morgan fingerprint density at radius 3 is 2.48 bits per heavy atom. The average molecular weight is 446 g/mol. The summed E-state index contributed by atoms with van der Waals surface area (Å²) in [6.45, 7) is 18.4. The lowest BCUT2D eigenvalue weighted by molar-refractivity contribution is 1.19. The first-order valence-corrected chi connectivity index (χ1v) is 11.1. The van der Waals surface area contributed by atoms with Crippen LogP contribution in [0.5, 0.6) is 0 Å². The summed E-state index contributed by atoms with van der Waals surface area (Å²) in [4.78, 5) is 1.30. The van der Waals surface area contributed by atoms with Gasteiger partial charge in [0.05, 0.1) is 0 Å². The lowest BCUT2D eigenvalue weighted by atomic mass is 9.97. The monoisotopic (exact) mass is 444 g/mol. The van der Waals surface area contributed by atoms with Gasteiger partial charge in [-0.25, -0.2) is 0 Å². The lowest BCUT2D eigenvalue weighted by Gasteiger charge is -2.15. The van der Waals surface area contributed by atoms with E-state index in [-0.39, 0.29) is 0 Å². The van der Waals surface area contributed by atoms with Crippen molar-refractivity contribution in [2.45, 2.75) is 41.0 Å². The Morgan fingerprint density at radius 2 is 1.93 bits per heavy atom. The molecular formula is C25H33BrS. The first-order valence-electron chi connectivity index (χ1n) is 9.36. The Balaban J connectivity index is 0.00000326. The topological polar surface area (TPSA) is 0 Å². The highest BCUT2D eigenvalue weighted by molar-refractivity contribution is 9.11. The molecule has 0 bridgehead atoms. The molecule has 2 heteroatoms. The highest BCUT2D eigenvalue weighted by atomic mass is 79.9. The fraction of sp³-hybridized carbons (Fsp3) is 0.280. The number of rotatable bonds is 6. The van der Waals surface area contributed by atoms with E-state index in [0.29, 0.717) is 0 Å². The van der Waals surface area contributed by atoms with Gasteiger partial charge in [-0.3, -0.25) is 0 Å². The van der Waals surface area contributed by atoms with E-state index in [1.807, 2.05) is 57.7 Å². The van der Waals surface area contributed by atoms with Gasteiger partial charge in [-0.1, -0.05) is 104 Å². The Kier molecular flexibility index (Phi) is 14.7. The molecule has 0 aromatic rings. The molecule has 0 aromatic carbocycles. The molecule has 27 heavy (non-hydrogen) atoms. The number of hydrogen-bond acceptors (Lipinski definition) is 1. The average Bonchev–Trinajstić information content (AvgIpc) is 2.75. The van der Waals surface area contributed by atoms with E-state index < -0.39 is 0 Å². The summed E-state index contributed by atoms with van der Waals surface area (Å²) in [6.07, 6.45) is 21.8. The van der Waals surface area contributed by atoms with Crippen molar-refractivity contribution in [2.24, 2.45) is 0 Å². The third kappa shape index (κ3) is 9.83. The van der Waals surface area contributed by atoms with Crippen molar-refractivity contribution in [3.05, 3.63) is 106 Å². The van der Waals surface area contributed by atoms with Crippen LogP contribution in [0.15, 0.2) is 106 Å². The van der Waals surface area contributed by atoms with E-state index in [2.05, 4.69) is 78.5 Å². The minimum atomic E-state index is 0.870. The minimum absolute atomic E-state index is 0.870. The molecular weight excluding hydrogens is 412 g/mol. The Morgan fingerprint density at radius 1 is 1.22 bits per heavy atom. The Hall–Kier alpha value is -1.51. The van der Waals surface area contributed by atoms with Gasteiger partial charge < -0.3 is 0 Å². The molecule has 0 nitrogen and oxygen atoms in total. The molecule has 146 valence electrons. The third-order valence-corrected chi connectivity index (χ3v) is 4.99. The molecule has 0 N–H and O–H groups in total. The quantitative estimate of drug-likeness (QED) is 0.368. The molecule has 0 atom stereocenters. The van der Waals surface area contributed by atoms with Gasteiger partial charge in [0.15, 0.2) is 0 Å². The largest absolute Gasteiger partial charge is 0.125 e. The minimum Gasteiger partial charge on any atom is -0.125 e. The van der Waals surface area contributed by atoms with Gasteiger partial charge >= 0.3 is 0 Å². The van der Waals surface area contributed by atoms with Crippen molar-refractivity contribution in [2.75, 3.05) is 5.75 Å². The molecule has 1 heterocycles. The number of allylic oxidation sites excluding steroid dienone is 15. The summed E-state index contributed by atoms with van der Waals surface area (Å²) >= 11 is 5.35. The molecule has 0 saturated carbocycles. The summed E-state index contributed by atoms with van der Waals surface area (Å²) in [5.41, 5.74) is 4.66. The molecule has 0 amide bonds. The van der Waals surface area contributed by atoms with Crippen molar-refractivity contribution in [1.82, 2.24) is 0 Å². The van der Waals surface area contributed by atoms with Crippen molar-refractivity contribution in [3.63, 3.8) is 0 Å². The molecule has 1 rings (SSSR count). The van der Waals surface area contributed by atoms with Crippen LogP contribution >= 0.6 is 27.7 Å². The second-order valence-corrected chi connectivity index (χ2v) is 7.90. The fourth-order valence-electron chi connectivity index (χ4n) is 2.39. The first kappa shape index (κ1) is 25.5. The fourth-order valence-corrected chi connectivity index (χ4v) is 3.56. The van der Waals surface area contributed by atoms with Gasteiger partial charge in [-0.2, -0.15) is 0 Å². The van der Waals surface area contributed by atoms with Gasteiger partial charge in [0.1, 0.15) is 0 Å². The molecule has 1 aliphatic rings. The van der Waals surface area contributed by atoms with E-state index in [9.17, 15) is 0 Å². The zero-order valence-corrected chi connectivity index (χ0v) is 19.8. The highest BCUT2D eigenvalue weighted by Gasteiger charge is 2.11. The molecule has 0 fully saturated rings. The van der Waals surface area contributed by atoms with Crippen LogP contribution in [0.2, 0.25) is 0 Å². The van der Waals surface area contributed by atoms with Crippen LogP contribution < -0.4 is 0 Å². The van der Waals surface area contributed by atoms with Crippen molar-refractivity contribution < 1.29 is 0 Å². The zero-order valence-electron chi connectivity index (χ0n) is 17.4. The zero-order chi connectivity index (χ0) is 20.7. The van der Waals surface area contributed by atoms with Crippen LogP contribution in [0.25, 0.3) is 0 Å². The first-order chi connectivity index (χ1) is 13.0. The molecule has 0 unspecified atom stereocenters. The van der Waals surface area contributed by atoms with Crippen LogP contribution in [0.4, 0.5) is 0 Å².